The number of nitrogens with zero attached hydrogens (tertiary/aromatic N) is 2. The van der Waals surface area contributed by atoms with E-state index >= 15 is 0 Å². The van der Waals surface area contributed by atoms with E-state index in [1.165, 1.54) is 10.6 Å². The predicted octanol–water partition coefficient (Wildman–Crippen LogP) is 2.07. The lowest BCUT2D eigenvalue weighted by Gasteiger charge is -2.27. The molecule has 2 heterocycles. The minimum absolute atomic E-state index is 0.180. The fraction of sp³-hybridized carbons (Fsp3) is 0.750. The summed E-state index contributed by atoms with van der Waals surface area (Å²) in [5.41, 5.74) is 4.40. The first-order valence-corrected chi connectivity index (χ1v) is 6.55. The van der Waals surface area contributed by atoms with E-state index < -0.39 is 0 Å². The first kappa shape index (κ1) is 12.0. The largest absolute Gasteiger partial charge is 0.379 e. The number of hydrogen-bond acceptors (Lipinski definition) is 4. The van der Waals surface area contributed by atoms with Crippen molar-refractivity contribution < 1.29 is 4.74 Å². The molecule has 1 aromatic heterocycles. The Labute approximate surface area is 101 Å². The molecule has 3 nitrogen and oxygen atoms in total. The van der Waals surface area contributed by atoms with E-state index in [2.05, 4.69) is 36.2 Å². The molecule has 0 N–H and O–H groups in total. The normalized spacial score (nSPS) is 18.9. The molecule has 2 rings (SSSR count). The van der Waals surface area contributed by atoms with Crippen LogP contribution >= 0.6 is 11.3 Å². The number of hydrogen-bond donors (Lipinski definition) is 0. The topological polar surface area (TPSA) is 25.4 Å². The molecular weight excluding hydrogens is 220 g/mol. The van der Waals surface area contributed by atoms with Crippen LogP contribution in [0.15, 0.2) is 0 Å². The quantitative estimate of drug-likeness (QED) is 0.790. The molecule has 1 fully saturated rings. The van der Waals surface area contributed by atoms with Crippen LogP contribution in [0.1, 0.15) is 31.3 Å². The van der Waals surface area contributed by atoms with Gasteiger partial charge in [-0.3, -0.25) is 4.90 Å². The molecule has 0 aliphatic carbocycles. The second-order valence-corrected chi connectivity index (χ2v) is 6.01. The molecule has 4 heteroatoms. The lowest BCUT2D eigenvalue weighted by Crippen LogP contribution is -2.36. The lowest BCUT2D eigenvalue weighted by atomic mass is 9.93. The van der Waals surface area contributed by atoms with Crippen LogP contribution in [-0.2, 0) is 16.7 Å². The molecule has 0 unspecified atom stereocenters. The fourth-order valence-electron chi connectivity index (χ4n) is 1.90. The van der Waals surface area contributed by atoms with Crippen LogP contribution in [-0.4, -0.2) is 36.2 Å². The third-order valence-electron chi connectivity index (χ3n) is 2.75. The summed E-state index contributed by atoms with van der Waals surface area (Å²) < 4.78 is 5.35. The van der Waals surface area contributed by atoms with Crippen LogP contribution in [0.4, 0.5) is 0 Å². The summed E-state index contributed by atoms with van der Waals surface area (Å²) in [6, 6.07) is 0. The van der Waals surface area contributed by atoms with Crippen LogP contribution < -0.4 is 0 Å². The highest BCUT2D eigenvalue weighted by atomic mass is 32.1. The molecule has 1 saturated heterocycles. The van der Waals surface area contributed by atoms with Crippen LogP contribution in [0.5, 0.6) is 0 Å². The molecule has 0 saturated carbocycles. The highest BCUT2D eigenvalue weighted by Gasteiger charge is 2.22. The van der Waals surface area contributed by atoms with E-state index in [4.69, 9.17) is 4.74 Å². The molecule has 0 atom stereocenters. The maximum absolute atomic E-state index is 5.35. The molecule has 0 spiro atoms. The molecule has 0 bridgehead atoms. The van der Waals surface area contributed by atoms with E-state index in [9.17, 15) is 0 Å². The van der Waals surface area contributed by atoms with Gasteiger partial charge in [-0.1, -0.05) is 20.8 Å². The predicted molar refractivity (Wildman–Crippen MR) is 65.7 cm³/mol. The molecule has 1 radical (unpaired) electrons. The molecule has 16 heavy (non-hydrogen) atoms. The molecule has 1 aliphatic heterocycles. The van der Waals surface area contributed by atoms with Crippen molar-refractivity contribution >= 4 is 11.3 Å². The second-order valence-electron chi connectivity index (χ2n) is 5.22. The molecule has 89 valence electrons. The summed E-state index contributed by atoms with van der Waals surface area (Å²) in [7, 11) is 0. The van der Waals surface area contributed by atoms with Gasteiger partial charge in [0.2, 0.25) is 0 Å². The molecule has 0 amide bonds. The summed E-state index contributed by atoms with van der Waals surface area (Å²) in [5.74, 6) is 0. The van der Waals surface area contributed by atoms with E-state index in [0.29, 0.717) is 0 Å². The summed E-state index contributed by atoms with van der Waals surface area (Å²) in [6.45, 7) is 11.4. The number of ether oxygens (including phenoxy) is 1. The van der Waals surface area contributed by atoms with Gasteiger partial charge in [0.25, 0.3) is 0 Å². The average molecular weight is 239 g/mol. The smallest absolute Gasteiger partial charge is 0.152 e. The van der Waals surface area contributed by atoms with Crippen LogP contribution in [0.2, 0.25) is 0 Å². The van der Waals surface area contributed by atoms with Crippen molar-refractivity contribution in [2.45, 2.75) is 32.7 Å². The third-order valence-corrected chi connectivity index (χ3v) is 3.98. The Kier molecular flexibility index (Phi) is 3.62. The maximum Gasteiger partial charge on any atom is 0.152 e. The Morgan fingerprint density at radius 2 is 2.06 bits per heavy atom. The van der Waals surface area contributed by atoms with Crippen LogP contribution in [0.3, 0.4) is 0 Å². The van der Waals surface area contributed by atoms with Crippen molar-refractivity contribution in [3.63, 3.8) is 0 Å². The molecular formula is C12H19N2OS. The molecule has 0 aromatic carbocycles. The van der Waals surface area contributed by atoms with Gasteiger partial charge < -0.3 is 4.74 Å². The minimum Gasteiger partial charge on any atom is -0.379 e. The second kappa shape index (κ2) is 4.82. The van der Waals surface area contributed by atoms with Gasteiger partial charge in [0.1, 0.15) is 0 Å². The van der Waals surface area contributed by atoms with Crippen molar-refractivity contribution in [3.05, 3.63) is 16.1 Å². The van der Waals surface area contributed by atoms with E-state index in [1.54, 1.807) is 11.3 Å². The Balaban J connectivity index is 2.06. The zero-order chi connectivity index (χ0) is 11.6. The highest BCUT2D eigenvalue weighted by Crippen LogP contribution is 2.29. The zero-order valence-corrected chi connectivity index (χ0v) is 11.1. The summed E-state index contributed by atoms with van der Waals surface area (Å²) in [4.78, 5) is 8.15. The van der Waals surface area contributed by atoms with Crippen molar-refractivity contribution in [3.8, 4) is 0 Å². The number of morpholine rings is 1. The van der Waals surface area contributed by atoms with Gasteiger partial charge in [0.05, 0.1) is 18.9 Å². The van der Waals surface area contributed by atoms with Crippen molar-refractivity contribution in [2.75, 3.05) is 26.3 Å². The Hall–Kier alpha value is -0.450. The Morgan fingerprint density at radius 3 is 2.69 bits per heavy atom. The maximum atomic E-state index is 5.35. The fourth-order valence-corrected chi connectivity index (χ4v) is 2.68. The monoisotopic (exact) mass is 239 g/mol. The Morgan fingerprint density at radius 1 is 1.38 bits per heavy atom. The standard InChI is InChI=1S/C12H19N2OS/c1-12(2,3)11-10(13-9-16-11)8-14-4-6-15-7-5-14/h4-8H2,1-3H3. The van der Waals surface area contributed by atoms with Crippen molar-refractivity contribution in [2.24, 2.45) is 0 Å². The lowest BCUT2D eigenvalue weighted by molar-refractivity contribution is 0.0335. The zero-order valence-electron chi connectivity index (χ0n) is 10.2. The summed E-state index contributed by atoms with van der Waals surface area (Å²) >= 11 is 1.65. The van der Waals surface area contributed by atoms with Gasteiger partial charge in [-0.05, 0) is 5.41 Å². The van der Waals surface area contributed by atoms with Gasteiger partial charge in [0.15, 0.2) is 5.51 Å². The van der Waals surface area contributed by atoms with Crippen molar-refractivity contribution in [1.29, 1.82) is 0 Å². The van der Waals surface area contributed by atoms with E-state index in [-0.39, 0.29) is 5.41 Å². The number of rotatable bonds is 2. The van der Waals surface area contributed by atoms with E-state index in [0.717, 1.165) is 32.8 Å². The Bertz CT molecular complexity index is 337. The van der Waals surface area contributed by atoms with E-state index in [1.807, 2.05) is 0 Å². The van der Waals surface area contributed by atoms with Gasteiger partial charge in [-0.25, -0.2) is 4.98 Å². The molecule has 1 aromatic rings. The van der Waals surface area contributed by atoms with Gasteiger partial charge >= 0.3 is 0 Å². The number of thiazole rings is 1. The van der Waals surface area contributed by atoms with Gasteiger partial charge in [-0.15, -0.1) is 11.3 Å². The summed E-state index contributed by atoms with van der Waals surface area (Å²) in [5, 5.41) is 0. The van der Waals surface area contributed by atoms with Gasteiger partial charge in [-0.2, -0.15) is 0 Å². The van der Waals surface area contributed by atoms with Gasteiger partial charge in [0, 0.05) is 24.5 Å². The summed E-state index contributed by atoms with van der Waals surface area (Å²) in [6.07, 6.45) is 0. The van der Waals surface area contributed by atoms with Crippen LogP contribution in [0, 0.1) is 5.51 Å². The van der Waals surface area contributed by atoms with Crippen molar-refractivity contribution in [1.82, 2.24) is 9.88 Å². The first-order valence-electron chi connectivity index (χ1n) is 5.74. The first-order chi connectivity index (χ1) is 7.57. The highest BCUT2D eigenvalue weighted by molar-refractivity contribution is 7.09. The molecule has 1 aliphatic rings. The minimum atomic E-state index is 0.180. The SMILES string of the molecule is CC(C)(C)c1s[c]nc1CN1CCOCC1. The number of aromatic nitrogens is 1. The van der Waals surface area contributed by atoms with Crippen LogP contribution in [0.25, 0.3) is 0 Å². The third kappa shape index (κ3) is 2.81. The average Bonchev–Trinajstić information content (AvgIpc) is 2.67.